The number of hydrogen-bond donors (Lipinski definition) is 3. The normalized spacial score (nSPS) is 51.9. The number of methoxy groups -OCH3 is 1. The van der Waals surface area contributed by atoms with Crippen LogP contribution in [0.3, 0.4) is 0 Å². The summed E-state index contributed by atoms with van der Waals surface area (Å²) in [6, 6.07) is -0.198. The van der Waals surface area contributed by atoms with Gasteiger partial charge in [0.2, 0.25) is 0 Å². The van der Waals surface area contributed by atoms with Crippen LogP contribution in [-0.4, -0.2) is 132 Å². The smallest absolute Gasteiger partial charge is 0.311 e. The molecule has 12 nitrogen and oxygen atoms in total. The molecule has 2 bridgehead atoms. The number of carbonyl (C=O) groups is 1. The highest BCUT2D eigenvalue weighted by Gasteiger charge is 2.57. The van der Waals surface area contributed by atoms with Crippen LogP contribution in [0, 0.1) is 23.7 Å². The number of rotatable bonds is 7. The van der Waals surface area contributed by atoms with Gasteiger partial charge in [0.05, 0.1) is 53.7 Å². The average molecular weight is 702 g/mol. The van der Waals surface area contributed by atoms with Gasteiger partial charge in [0.1, 0.15) is 17.8 Å². The maximum atomic E-state index is 14.1. The first-order valence-electron chi connectivity index (χ1n) is 18.5. The summed E-state index contributed by atoms with van der Waals surface area (Å²) < 4.78 is 45.3. The summed E-state index contributed by atoms with van der Waals surface area (Å²) in [6.45, 7) is 19.0. The van der Waals surface area contributed by atoms with E-state index in [1.54, 1.807) is 14.0 Å². The lowest BCUT2D eigenvalue weighted by molar-refractivity contribution is -0.311. The Morgan fingerprint density at radius 2 is 1.57 bits per heavy atom. The van der Waals surface area contributed by atoms with E-state index in [0.717, 1.165) is 0 Å². The molecule has 0 amide bonds. The van der Waals surface area contributed by atoms with Crippen LogP contribution < -0.4 is 0 Å². The standard InChI is InChI=1S/C37H67NO11/c1-14-26-37(10,42)31(40)22(5)29-19(2)16-36(9,49-29)32(48-34-28(39)25(38(11)12)15-20(3)45-34)23(6)30(24(7)33(41)46-26)47-27-18-35(8,43-13)17-21(4)44-27/h19-32,34,39-40,42H,14-18H2,1-13H3/t19-,20-,21+,22+,23+,24-,25+,26-,27+,28-,29+,30+,31-,32-,34+,35+,36+,37-/m1/s1. The van der Waals surface area contributed by atoms with Crippen molar-refractivity contribution in [1.82, 2.24) is 4.90 Å². The van der Waals surface area contributed by atoms with E-state index >= 15 is 0 Å². The van der Waals surface area contributed by atoms with Gasteiger partial charge >= 0.3 is 5.97 Å². The van der Waals surface area contributed by atoms with Crippen LogP contribution in [0.25, 0.3) is 0 Å². The third kappa shape index (κ3) is 8.50. The van der Waals surface area contributed by atoms with Crippen molar-refractivity contribution in [2.45, 2.75) is 186 Å². The summed E-state index contributed by atoms with van der Waals surface area (Å²) in [7, 11) is 5.54. The van der Waals surface area contributed by atoms with Crippen molar-refractivity contribution in [3.8, 4) is 0 Å². The summed E-state index contributed by atoms with van der Waals surface area (Å²) in [6.07, 6.45) is -4.58. The number of carbonyl (C=O) groups excluding carboxylic acids is 1. The SMILES string of the molecule is CC[C@H]1OC(=O)[C@H](C)[C@@H](O[C@H]2C[C@@](C)(OC)C[C@H](C)O2)[C@H](C)[C@@H](O[C@@H]2O[C@H](C)C[C@H](N(C)C)[C@H]2O)[C@]2(C)C[C@@H](C)[C@H](O2)[C@H](C)[C@@H](O)[C@]1(C)O. The highest BCUT2D eigenvalue weighted by molar-refractivity contribution is 5.73. The molecule has 0 aromatic rings. The zero-order chi connectivity index (χ0) is 36.8. The molecule has 0 aliphatic carbocycles. The number of hydrogen-bond acceptors (Lipinski definition) is 12. The molecular formula is C37H67NO11. The molecule has 4 fully saturated rings. The van der Waals surface area contributed by atoms with Gasteiger partial charge in [-0.1, -0.05) is 27.7 Å². The molecule has 4 aliphatic rings. The highest BCUT2D eigenvalue weighted by Crippen LogP contribution is 2.48. The number of esters is 1. The van der Waals surface area contributed by atoms with E-state index in [1.165, 1.54) is 6.92 Å². The van der Waals surface area contributed by atoms with Gasteiger partial charge in [-0.15, -0.1) is 0 Å². The van der Waals surface area contributed by atoms with Crippen LogP contribution in [0.4, 0.5) is 0 Å². The van der Waals surface area contributed by atoms with Crippen molar-refractivity contribution in [1.29, 1.82) is 0 Å². The van der Waals surface area contributed by atoms with E-state index in [9.17, 15) is 20.1 Å². The van der Waals surface area contributed by atoms with Gasteiger partial charge in [-0.25, -0.2) is 0 Å². The monoisotopic (exact) mass is 701 g/mol. The lowest BCUT2D eigenvalue weighted by Crippen LogP contribution is -2.59. The third-order valence-electron chi connectivity index (χ3n) is 12.1. The minimum Gasteiger partial charge on any atom is -0.459 e. The van der Waals surface area contributed by atoms with E-state index in [1.807, 2.05) is 67.5 Å². The Bertz CT molecular complexity index is 1110. The van der Waals surface area contributed by atoms with E-state index < -0.39 is 89.7 Å². The van der Waals surface area contributed by atoms with Crippen molar-refractivity contribution >= 4 is 5.97 Å². The van der Waals surface area contributed by atoms with Crippen molar-refractivity contribution in [2.24, 2.45) is 23.7 Å². The van der Waals surface area contributed by atoms with E-state index in [2.05, 4.69) is 6.92 Å². The second-order valence-corrected chi connectivity index (χ2v) is 16.8. The van der Waals surface area contributed by atoms with Crippen molar-refractivity contribution in [3.05, 3.63) is 0 Å². The molecule has 49 heavy (non-hydrogen) atoms. The van der Waals surface area contributed by atoms with Crippen LogP contribution >= 0.6 is 0 Å². The molecular weight excluding hydrogens is 634 g/mol. The van der Waals surface area contributed by atoms with Crippen LogP contribution in [0.1, 0.15) is 101 Å². The molecule has 286 valence electrons. The Balaban J connectivity index is 1.83. The van der Waals surface area contributed by atoms with E-state index in [0.29, 0.717) is 32.1 Å². The van der Waals surface area contributed by atoms with Crippen LogP contribution in [0.5, 0.6) is 0 Å². The van der Waals surface area contributed by atoms with Crippen molar-refractivity contribution in [3.63, 3.8) is 0 Å². The van der Waals surface area contributed by atoms with Crippen molar-refractivity contribution in [2.75, 3.05) is 21.2 Å². The second kappa shape index (κ2) is 15.6. The predicted molar refractivity (Wildman–Crippen MR) is 183 cm³/mol. The number of likely N-dealkylation sites (N-methyl/N-ethyl adjacent to an activating group) is 1. The van der Waals surface area contributed by atoms with Crippen molar-refractivity contribution < 1.29 is 53.3 Å². The minimum absolute atomic E-state index is 0.0262. The summed E-state index contributed by atoms with van der Waals surface area (Å²) in [4.78, 5) is 16.1. The molecule has 4 aliphatic heterocycles. The lowest BCUT2D eigenvalue weighted by Gasteiger charge is -2.48. The van der Waals surface area contributed by atoms with Gasteiger partial charge in [0, 0.05) is 37.8 Å². The van der Waals surface area contributed by atoms with Gasteiger partial charge in [0.25, 0.3) is 0 Å². The molecule has 0 spiro atoms. The number of fused-ring (bicyclic) bond motifs is 2. The maximum absolute atomic E-state index is 14.1. The first-order chi connectivity index (χ1) is 22.7. The second-order valence-electron chi connectivity index (χ2n) is 16.8. The molecule has 3 N–H and O–H groups in total. The van der Waals surface area contributed by atoms with Gasteiger partial charge in [-0.2, -0.15) is 0 Å². The number of cyclic esters (lactones) is 1. The summed E-state index contributed by atoms with van der Waals surface area (Å²) >= 11 is 0. The molecule has 0 radical (unpaired) electrons. The highest BCUT2D eigenvalue weighted by atomic mass is 16.7. The Labute approximate surface area is 294 Å². The van der Waals surface area contributed by atoms with Gasteiger partial charge in [-0.05, 0) is 80.8 Å². The first kappa shape index (κ1) is 40.8. The zero-order valence-electron chi connectivity index (χ0n) is 32.3. The number of ether oxygens (including phenoxy) is 7. The van der Waals surface area contributed by atoms with Gasteiger partial charge in [-0.3, -0.25) is 4.79 Å². The lowest BCUT2D eigenvalue weighted by atomic mass is 9.76. The summed E-state index contributed by atoms with van der Waals surface area (Å²) in [5.74, 6) is -2.47. The first-order valence-corrected chi connectivity index (χ1v) is 18.5. The summed E-state index contributed by atoms with van der Waals surface area (Å²) in [5.41, 5.74) is -3.20. The Morgan fingerprint density at radius 3 is 2.16 bits per heavy atom. The Morgan fingerprint density at radius 1 is 0.918 bits per heavy atom. The third-order valence-corrected chi connectivity index (χ3v) is 12.1. The van der Waals surface area contributed by atoms with Gasteiger partial charge in [0.15, 0.2) is 12.6 Å². The number of nitrogens with zero attached hydrogens (tertiary/aromatic N) is 1. The quantitative estimate of drug-likeness (QED) is 0.333. The summed E-state index contributed by atoms with van der Waals surface area (Å²) in [5, 5.41) is 35.0. The molecule has 0 aromatic heterocycles. The largest absolute Gasteiger partial charge is 0.459 e. The molecule has 12 heteroatoms. The van der Waals surface area contributed by atoms with Crippen LogP contribution in [-0.2, 0) is 38.0 Å². The molecule has 4 heterocycles. The Kier molecular flexibility index (Phi) is 13.0. The number of aliphatic hydroxyl groups is 3. The number of aliphatic hydroxyl groups excluding tert-OH is 2. The van der Waals surface area contributed by atoms with E-state index in [-0.39, 0.29) is 24.2 Å². The fourth-order valence-electron chi connectivity index (χ4n) is 9.25. The minimum atomic E-state index is -1.75. The fourth-order valence-corrected chi connectivity index (χ4v) is 9.25. The predicted octanol–water partition coefficient (Wildman–Crippen LogP) is 3.65. The topological polar surface area (TPSA) is 146 Å². The average Bonchev–Trinajstić information content (AvgIpc) is 3.34. The maximum Gasteiger partial charge on any atom is 0.311 e. The molecule has 0 aromatic carbocycles. The fraction of sp³-hybridized carbons (Fsp3) is 0.973. The van der Waals surface area contributed by atoms with Crippen LogP contribution in [0.2, 0.25) is 0 Å². The molecule has 4 saturated heterocycles. The Hall–Kier alpha value is -0.930. The molecule has 18 atom stereocenters. The van der Waals surface area contributed by atoms with Gasteiger partial charge < -0.3 is 53.4 Å². The molecule has 0 unspecified atom stereocenters. The van der Waals surface area contributed by atoms with E-state index in [4.69, 9.17) is 33.2 Å². The molecule has 0 saturated carbocycles. The zero-order valence-corrected chi connectivity index (χ0v) is 32.3. The van der Waals surface area contributed by atoms with Crippen LogP contribution in [0.15, 0.2) is 0 Å². The molecule has 4 rings (SSSR count).